The van der Waals surface area contributed by atoms with Crippen LogP contribution in [0.1, 0.15) is 17.5 Å². The second-order valence-electron chi connectivity index (χ2n) is 5.86. The summed E-state index contributed by atoms with van der Waals surface area (Å²) >= 11 is 0. The van der Waals surface area contributed by atoms with Crippen LogP contribution in [0.5, 0.6) is 0 Å². The fourth-order valence-electron chi connectivity index (χ4n) is 2.78. The van der Waals surface area contributed by atoms with Crippen LogP contribution in [0.15, 0.2) is 48.8 Å². The number of carboxylic acids is 1. The van der Waals surface area contributed by atoms with Crippen molar-refractivity contribution in [1.29, 1.82) is 0 Å². The van der Waals surface area contributed by atoms with Crippen molar-refractivity contribution in [3.63, 3.8) is 0 Å². The molecule has 0 saturated carbocycles. The van der Waals surface area contributed by atoms with E-state index in [9.17, 15) is 4.79 Å². The standard InChI is InChI=1S/C18H20N4O2/c23-17(24)7-6-15-10-19-18(20-11-15)21-16-8-9-22(13-16)12-14-4-2-1-3-5-14/h1-7,10-11,16H,8-9,12-13H2,(H,23,24)(H,19,20,21)/b7-6+/t16-/m1/s1. The van der Waals surface area contributed by atoms with E-state index in [1.165, 1.54) is 11.6 Å². The molecular weight excluding hydrogens is 304 g/mol. The van der Waals surface area contributed by atoms with Crippen molar-refractivity contribution in [3.8, 4) is 0 Å². The number of rotatable bonds is 6. The Bertz CT molecular complexity index is 701. The highest BCUT2D eigenvalue weighted by Crippen LogP contribution is 2.16. The second kappa shape index (κ2) is 7.70. The van der Waals surface area contributed by atoms with Gasteiger partial charge in [-0.15, -0.1) is 0 Å². The largest absolute Gasteiger partial charge is 0.478 e. The first-order valence-corrected chi connectivity index (χ1v) is 7.95. The van der Waals surface area contributed by atoms with E-state index < -0.39 is 5.97 Å². The minimum Gasteiger partial charge on any atom is -0.478 e. The summed E-state index contributed by atoms with van der Waals surface area (Å²) in [6.45, 7) is 2.96. The van der Waals surface area contributed by atoms with Crippen molar-refractivity contribution in [3.05, 3.63) is 59.9 Å². The summed E-state index contributed by atoms with van der Waals surface area (Å²) < 4.78 is 0. The molecule has 24 heavy (non-hydrogen) atoms. The van der Waals surface area contributed by atoms with Crippen molar-refractivity contribution in [2.75, 3.05) is 18.4 Å². The van der Waals surface area contributed by atoms with Crippen molar-refractivity contribution >= 4 is 18.0 Å². The summed E-state index contributed by atoms with van der Waals surface area (Å²) in [4.78, 5) is 21.4. The lowest BCUT2D eigenvalue weighted by Gasteiger charge is -2.16. The minimum atomic E-state index is -0.985. The maximum absolute atomic E-state index is 10.5. The number of benzene rings is 1. The highest BCUT2D eigenvalue weighted by atomic mass is 16.4. The molecule has 1 aromatic heterocycles. The molecule has 1 aliphatic heterocycles. The van der Waals surface area contributed by atoms with Crippen molar-refractivity contribution in [2.24, 2.45) is 0 Å². The van der Waals surface area contributed by atoms with Gasteiger partial charge >= 0.3 is 5.97 Å². The first-order chi connectivity index (χ1) is 11.7. The Morgan fingerprint density at radius 1 is 1.29 bits per heavy atom. The molecule has 1 aromatic carbocycles. The van der Waals surface area contributed by atoms with Gasteiger partial charge < -0.3 is 10.4 Å². The number of nitrogens with one attached hydrogen (secondary N) is 1. The lowest BCUT2D eigenvalue weighted by atomic mass is 10.2. The third-order valence-corrected chi connectivity index (χ3v) is 3.94. The molecule has 1 saturated heterocycles. The number of aromatic nitrogens is 2. The van der Waals surface area contributed by atoms with E-state index in [2.05, 4.69) is 44.5 Å². The molecule has 2 N–H and O–H groups in total. The van der Waals surface area contributed by atoms with Gasteiger partial charge in [-0.3, -0.25) is 4.90 Å². The zero-order valence-electron chi connectivity index (χ0n) is 13.3. The zero-order chi connectivity index (χ0) is 16.8. The molecule has 0 bridgehead atoms. The fraction of sp³-hybridized carbons (Fsp3) is 0.278. The Morgan fingerprint density at radius 3 is 2.75 bits per heavy atom. The van der Waals surface area contributed by atoms with Gasteiger partial charge in [0.25, 0.3) is 0 Å². The third-order valence-electron chi connectivity index (χ3n) is 3.94. The quantitative estimate of drug-likeness (QED) is 0.794. The molecule has 0 amide bonds. The maximum atomic E-state index is 10.5. The summed E-state index contributed by atoms with van der Waals surface area (Å²) in [7, 11) is 0. The highest BCUT2D eigenvalue weighted by molar-refractivity contribution is 5.85. The topological polar surface area (TPSA) is 78.3 Å². The molecule has 0 aliphatic carbocycles. The SMILES string of the molecule is O=C(O)/C=C/c1cnc(N[C@@H]2CCN(Cc3ccccc3)C2)nc1. The van der Waals surface area contributed by atoms with Crippen LogP contribution in [0.2, 0.25) is 0 Å². The molecule has 0 spiro atoms. The molecule has 6 heteroatoms. The Hall–Kier alpha value is -2.73. The molecule has 1 fully saturated rings. The predicted molar refractivity (Wildman–Crippen MR) is 92.4 cm³/mol. The van der Waals surface area contributed by atoms with Gasteiger partial charge in [0, 0.05) is 49.7 Å². The molecular formula is C18H20N4O2. The van der Waals surface area contributed by atoms with E-state index in [0.29, 0.717) is 17.6 Å². The fourth-order valence-corrected chi connectivity index (χ4v) is 2.78. The second-order valence-corrected chi connectivity index (χ2v) is 5.86. The van der Waals surface area contributed by atoms with Gasteiger partial charge in [-0.1, -0.05) is 30.3 Å². The highest BCUT2D eigenvalue weighted by Gasteiger charge is 2.22. The Balaban J connectivity index is 1.51. The molecule has 0 radical (unpaired) electrons. The van der Waals surface area contributed by atoms with Gasteiger partial charge in [-0.25, -0.2) is 14.8 Å². The van der Waals surface area contributed by atoms with Gasteiger partial charge in [0.2, 0.25) is 5.95 Å². The monoisotopic (exact) mass is 324 g/mol. The van der Waals surface area contributed by atoms with E-state index in [4.69, 9.17) is 5.11 Å². The number of carboxylic acid groups (broad SMARTS) is 1. The normalized spacial score (nSPS) is 18.1. The Morgan fingerprint density at radius 2 is 2.04 bits per heavy atom. The van der Waals surface area contributed by atoms with Crippen molar-refractivity contribution in [1.82, 2.24) is 14.9 Å². The van der Waals surface area contributed by atoms with Crippen molar-refractivity contribution in [2.45, 2.75) is 19.0 Å². The number of hydrogen-bond acceptors (Lipinski definition) is 5. The lowest BCUT2D eigenvalue weighted by molar-refractivity contribution is -0.131. The summed E-state index contributed by atoms with van der Waals surface area (Å²) in [5.74, 6) is -0.407. The smallest absolute Gasteiger partial charge is 0.328 e. The molecule has 124 valence electrons. The number of nitrogens with zero attached hydrogens (tertiary/aromatic N) is 3. The summed E-state index contributed by atoms with van der Waals surface area (Å²) in [6, 6.07) is 10.8. The Kier molecular flexibility index (Phi) is 5.18. The molecule has 0 unspecified atom stereocenters. The number of anilines is 1. The van der Waals surface area contributed by atoms with E-state index in [0.717, 1.165) is 32.1 Å². The van der Waals surface area contributed by atoms with Crippen LogP contribution in [0, 0.1) is 0 Å². The molecule has 1 aliphatic rings. The summed E-state index contributed by atoms with van der Waals surface area (Å²) in [5.41, 5.74) is 1.99. The van der Waals surface area contributed by atoms with Crippen molar-refractivity contribution < 1.29 is 9.90 Å². The number of aliphatic carboxylic acids is 1. The average Bonchev–Trinajstić information content (AvgIpc) is 3.02. The van der Waals surface area contributed by atoms with Gasteiger partial charge in [0.05, 0.1) is 0 Å². The first-order valence-electron chi connectivity index (χ1n) is 7.95. The van der Waals surface area contributed by atoms with Gasteiger partial charge in [0.1, 0.15) is 0 Å². The zero-order valence-corrected chi connectivity index (χ0v) is 13.3. The van der Waals surface area contributed by atoms with Crippen LogP contribution in [0.25, 0.3) is 6.08 Å². The molecule has 1 atom stereocenters. The molecule has 3 rings (SSSR count). The third kappa shape index (κ3) is 4.63. The predicted octanol–water partition coefficient (Wildman–Crippen LogP) is 2.26. The van der Waals surface area contributed by atoms with Crippen LogP contribution < -0.4 is 5.32 Å². The first kappa shape index (κ1) is 16.1. The van der Waals surface area contributed by atoms with Crippen LogP contribution in [-0.2, 0) is 11.3 Å². The van der Waals surface area contributed by atoms with E-state index >= 15 is 0 Å². The number of carbonyl (C=O) groups is 1. The van der Waals surface area contributed by atoms with Crippen LogP contribution in [0.3, 0.4) is 0 Å². The van der Waals surface area contributed by atoms with Gasteiger partial charge in [-0.05, 0) is 18.1 Å². The molecule has 2 aromatic rings. The summed E-state index contributed by atoms with van der Waals surface area (Å²) in [5, 5.41) is 11.9. The molecule has 6 nitrogen and oxygen atoms in total. The minimum absolute atomic E-state index is 0.328. The summed E-state index contributed by atoms with van der Waals surface area (Å²) in [6.07, 6.45) is 6.83. The van der Waals surface area contributed by atoms with E-state index in [1.54, 1.807) is 12.4 Å². The molecule has 2 heterocycles. The lowest BCUT2D eigenvalue weighted by Crippen LogP contribution is -2.26. The van der Waals surface area contributed by atoms with Crippen LogP contribution in [-0.4, -0.2) is 45.1 Å². The van der Waals surface area contributed by atoms with Gasteiger partial charge in [-0.2, -0.15) is 0 Å². The van der Waals surface area contributed by atoms with Crippen LogP contribution in [0.4, 0.5) is 5.95 Å². The average molecular weight is 324 g/mol. The van der Waals surface area contributed by atoms with E-state index in [-0.39, 0.29) is 0 Å². The van der Waals surface area contributed by atoms with Gasteiger partial charge in [0.15, 0.2) is 0 Å². The van der Waals surface area contributed by atoms with E-state index in [1.807, 2.05) is 6.07 Å². The Labute approximate surface area is 140 Å². The maximum Gasteiger partial charge on any atom is 0.328 e. The number of hydrogen-bond donors (Lipinski definition) is 2. The number of likely N-dealkylation sites (tertiary alicyclic amines) is 1. The van der Waals surface area contributed by atoms with Crippen LogP contribution >= 0.6 is 0 Å².